The third-order valence-electron chi connectivity index (χ3n) is 6.35. The Bertz CT molecular complexity index is 1420. The maximum atomic E-state index is 15.0. The van der Waals surface area contributed by atoms with Crippen molar-refractivity contribution in [2.45, 2.75) is 30.9 Å². The van der Waals surface area contributed by atoms with Crippen molar-refractivity contribution in [2.24, 2.45) is 0 Å². The predicted molar refractivity (Wildman–Crippen MR) is 114 cm³/mol. The maximum Gasteiger partial charge on any atom is 0.387 e. The van der Waals surface area contributed by atoms with E-state index < -0.39 is 30.3 Å². The lowest BCUT2D eigenvalue weighted by atomic mass is 10.0. The molecule has 2 aromatic heterocycles. The first-order chi connectivity index (χ1) is 16.8. The van der Waals surface area contributed by atoms with Crippen molar-refractivity contribution in [3.05, 3.63) is 71.8 Å². The number of benzene rings is 2. The molecular weight excluding hydrogens is 471 g/mol. The number of halogens is 5. The Morgan fingerprint density at radius 3 is 2.54 bits per heavy atom. The van der Waals surface area contributed by atoms with Crippen LogP contribution in [0.15, 0.2) is 48.8 Å². The number of aromatic nitrogens is 4. The third kappa shape index (κ3) is 3.53. The summed E-state index contributed by atoms with van der Waals surface area (Å²) in [5.74, 6) is -0.679. The summed E-state index contributed by atoms with van der Waals surface area (Å²) in [6, 6.07) is 8.13. The van der Waals surface area contributed by atoms with Crippen LogP contribution in [0.5, 0.6) is 5.75 Å². The van der Waals surface area contributed by atoms with E-state index >= 15 is 4.39 Å². The molecule has 6 rings (SSSR count). The van der Waals surface area contributed by atoms with E-state index in [-0.39, 0.29) is 48.1 Å². The number of hydrogen-bond donors (Lipinski definition) is 0. The molecule has 1 saturated heterocycles. The van der Waals surface area contributed by atoms with Gasteiger partial charge in [-0.25, -0.2) is 28.1 Å². The molecular formula is C24H17F5N4O2. The fraction of sp³-hybridized carbons (Fsp3) is 0.292. The number of para-hydroxylation sites is 1. The second-order valence-corrected chi connectivity index (χ2v) is 8.55. The van der Waals surface area contributed by atoms with Crippen LogP contribution >= 0.6 is 0 Å². The molecule has 0 amide bonds. The van der Waals surface area contributed by atoms with E-state index in [0.717, 1.165) is 0 Å². The molecule has 180 valence electrons. The fourth-order valence-corrected chi connectivity index (χ4v) is 4.65. The quantitative estimate of drug-likeness (QED) is 0.351. The fourth-order valence-electron chi connectivity index (χ4n) is 4.65. The zero-order valence-corrected chi connectivity index (χ0v) is 18.0. The average Bonchev–Trinajstić information content (AvgIpc) is 3.34. The van der Waals surface area contributed by atoms with E-state index in [2.05, 4.69) is 19.7 Å². The molecule has 6 nitrogen and oxygen atoms in total. The lowest BCUT2D eigenvalue weighted by molar-refractivity contribution is -0.140. The molecule has 0 radical (unpaired) electrons. The summed E-state index contributed by atoms with van der Waals surface area (Å²) in [5.41, 5.74) is -0.366. The van der Waals surface area contributed by atoms with Crippen molar-refractivity contribution in [3.8, 4) is 16.9 Å². The van der Waals surface area contributed by atoms with E-state index in [1.807, 2.05) is 0 Å². The van der Waals surface area contributed by atoms with E-state index in [0.29, 0.717) is 16.6 Å². The van der Waals surface area contributed by atoms with E-state index in [9.17, 15) is 17.6 Å². The molecule has 11 heteroatoms. The Kier molecular flexibility index (Phi) is 4.99. The van der Waals surface area contributed by atoms with Crippen LogP contribution in [-0.4, -0.2) is 39.3 Å². The first-order valence-corrected chi connectivity index (χ1v) is 10.8. The monoisotopic (exact) mass is 488 g/mol. The van der Waals surface area contributed by atoms with Gasteiger partial charge < -0.3 is 14.0 Å². The van der Waals surface area contributed by atoms with Gasteiger partial charge in [0, 0.05) is 41.6 Å². The van der Waals surface area contributed by atoms with Crippen molar-refractivity contribution in [1.82, 2.24) is 19.5 Å². The lowest BCUT2D eigenvalue weighted by Gasteiger charge is -2.31. The standard InChI is InChI=1S/C24H17F5N4O2/c25-15-6-17-19(5-14(15)12-8-30-22(31-9-12)24(29)10-34-11-24)33-18(7-16(26)21(33)32-17)13-3-1-2-4-20(13)35-23(27)28/h1-6,8-9,16,18,23H,7,10-11H2/t16-,18-/m1/s1. The minimum absolute atomic E-state index is 0.0347. The maximum absolute atomic E-state index is 15.0. The molecule has 4 aromatic rings. The summed E-state index contributed by atoms with van der Waals surface area (Å²) in [5, 5.41) is 0. The molecule has 0 spiro atoms. The van der Waals surface area contributed by atoms with Gasteiger partial charge in [0.25, 0.3) is 0 Å². The Hall–Kier alpha value is -3.60. The van der Waals surface area contributed by atoms with E-state index in [1.54, 1.807) is 22.8 Å². The van der Waals surface area contributed by atoms with Gasteiger partial charge in [0.1, 0.15) is 17.4 Å². The van der Waals surface area contributed by atoms with Gasteiger partial charge in [-0.2, -0.15) is 8.78 Å². The van der Waals surface area contributed by atoms with Crippen LogP contribution in [0.2, 0.25) is 0 Å². The first kappa shape index (κ1) is 21.9. The molecule has 1 fully saturated rings. The molecule has 0 unspecified atom stereocenters. The number of rotatable bonds is 5. The predicted octanol–water partition coefficient (Wildman–Crippen LogP) is 5.43. The summed E-state index contributed by atoms with van der Waals surface area (Å²) in [6.45, 7) is -3.33. The van der Waals surface area contributed by atoms with Gasteiger partial charge in [-0.05, 0) is 12.1 Å². The van der Waals surface area contributed by atoms with Gasteiger partial charge in [0.2, 0.25) is 5.67 Å². The normalized spacial score (nSPS) is 20.7. The highest BCUT2D eigenvalue weighted by Crippen LogP contribution is 2.46. The largest absolute Gasteiger partial charge is 0.434 e. The van der Waals surface area contributed by atoms with Gasteiger partial charge >= 0.3 is 6.61 Å². The average molecular weight is 488 g/mol. The van der Waals surface area contributed by atoms with Crippen LogP contribution in [0.4, 0.5) is 22.0 Å². The van der Waals surface area contributed by atoms with Crippen LogP contribution in [-0.2, 0) is 10.4 Å². The van der Waals surface area contributed by atoms with Crippen molar-refractivity contribution in [2.75, 3.05) is 13.2 Å². The topological polar surface area (TPSA) is 62.1 Å². The first-order valence-electron chi connectivity index (χ1n) is 10.8. The zero-order valence-electron chi connectivity index (χ0n) is 18.0. The lowest BCUT2D eigenvalue weighted by Crippen LogP contribution is -2.43. The van der Waals surface area contributed by atoms with Gasteiger partial charge in [0.05, 0.1) is 30.3 Å². The molecule has 35 heavy (non-hydrogen) atoms. The van der Waals surface area contributed by atoms with E-state index in [4.69, 9.17) is 4.74 Å². The molecule has 0 bridgehead atoms. The number of nitrogens with zero attached hydrogens (tertiary/aromatic N) is 4. The van der Waals surface area contributed by atoms with Crippen molar-refractivity contribution in [1.29, 1.82) is 0 Å². The number of hydrogen-bond acceptors (Lipinski definition) is 5. The highest BCUT2D eigenvalue weighted by Gasteiger charge is 2.43. The van der Waals surface area contributed by atoms with Crippen molar-refractivity contribution >= 4 is 11.0 Å². The van der Waals surface area contributed by atoms with Gasteiger partial charge in [-0.1, -0.05) is 18.2 Å². The Morgan fingerprint density at radius 1 is 1.11 bits per heavy atom. The molecule has 0 aliphatic carbocycles. The zero-order chi connectivity index (χ0) is 24.3. The third-order valence-corrected chi connectivity index (χ3v) is 6.35. The van der Waals surface area contributed by atoms with Gasteiger partial charge in [-0.3, -0.25) is 0 Å². The minimum atomic E-state index is -3.05. The van der Waals surface area contributed by atoms with Crippen LogP contribution in [0.25, 0.3) is 22.2 Å². The number of imidazole rings is 1. The van der Waals surface area contributed by atoms with Crippen molar-refractivity contribution in [3.63, 3.8) is 0 Å². The summed E-state index contributed by atoms with van der Waals surface area (Å²) in [7, 11) is 0. The Labute approximate surface area is 195 Å². The van der Waals surface area contributed by atoms with Crippen LogP contribution in [0, 0.1) is 5.82 Å². The highest BCUT2D eigenvalue weighted by molar-refractivity contribution is 5.83. The van der Waals surface area contributed by atoms with Crippen LogP contribution in [0.3, 0.4) is 0 Å². The van der Waals surface area contributed by atoms with Crippen LogP contribution in [0.1, 0.15) is 35.8 Å². The van der Waals surface area contributed by atoms with Gasteiger partial charge in [-0.15, -0.1) is 0 Å². The molecule has 0 N–H and O–H groups in total. The minimum Gasteiger partial charge on any atom is -0.434 e. The summed E-state index contributed by atoms with van der Waals surface area (Å²) < 4.78 is 81.5. The molecule has 2 atom stereocenters. The number of alkyl halides is 4. The SMILES string of the molecule is Fc1cc2nc3n(c2cc1-c1cnc(C2(F)COC2)nc1)[C@@H](c1ccccc1OC(F)F)C[C@H]3F. The van der Waals surface area contributed by atoms with Gasteiger partial charge in [0.15, 0.2) is 12.0 Å². The molecule has 2 aromatic carbocycles. The van der Waals surface area contributed by atoms with Crippen molar-refractivity contribution < 1.29 is 31.4 Å². The summed E-state index contributed by atoms with van der Waals surface area (Å²) in [6.07, 6.45) is 1.11. The summed E-state index contributed by atoms with van der Waals surface area (Å²) in [4.78, 5) is 12.3. The Morgan fingerprint density at radius 2 is 1.86 bits per heavy atom. The second-order valence-electron chi connectivity index (χ2n) is 8.55. The highest BCUT2D eigenvalue weighted by atomic mass is 19.3. The molecule has 2 aliphatic heterocycles. The van der Waals surface area contributed by atoms with Crippen LogP contribution < -0.4 is 4.74 Å². The molecule has 0 saturated carbocycles. The smallest absolute Gasteiger partial charge is 0.387 e. The van der Waals surface area contributed by atoms with E-state index in [1.165, 1.54) is 30.6 Å². The molecule has 4 heterocycles. The second kappa shape index (κ2) is 7.98. The summed E-state index contributed by atoms with van der Waals surface area (Å²) >= 11 is 0. The Balaban J connectivity index is 1.45. The number of fused-ring (bicyclic) bond motifs is 3. The number of ether oxygens (including phenoxy) is 2. The molecule has 2 aliphatic rings.